The van der Waals surface area contributed by atoms with Crippen LogP contribution in [-0.4, -0.2) is 11.9 Å². The Hall–Kier alpha value is -1.04. The Morgan fingerprint density at radius 3 is 2.62 bits per heavy atom. The number of amides is 1. The SMILES string of the molecule is CC(C#N)C(=O)NC1CC2CC2C1. The van der Waals surface area contributed by atoms with E-state index in [1.807, 2.05) is 6.07 Å². The Balaban J connectivity index is 1.79. The van der Waals surface area contributed by atoms with Crippen LogP contribution >= 0.6 is 0 Å². The lowest BCUT2D eigenvalue weighted by Gasteiger charge is -2.14. The van der Waals surface area contributed by atoms with Gasteiger partial charge in [0, 0.05) is 6.04 Å². The van der Waals surface area contributed by atoms with Crippen LogP contribution in [0.3, 0.4) is 0 Å². The van der Waals surface area contributed by atoms with Crippen LogP contribution in [0.25, 0.3) is 0 Å². The Kier molecular flexibility index (Phi) is 1.99. The molecule has 0 heterocycles. The number of nitrogens with one attached hydrogen (secondary N) is 1. The maximum absolute atomic E-state index is 11.3. The second kappa shape index (κ2) is 3.02. The van der Waals surface area contributed by atoms with Gasteiger partial charge in [-0.2, -0.15) is 5.26 Å². The number of fused-ring (bicyclic) bond motifs is 1. The van der Waals surface area contributed by atoms with Crippen LogP contribution in [0.4, 0.5) is 0 Å². The summed E-state index contributed by atoms with van der Waals surface area (Å²) in [5, 5.41) is 11.5. The smallest absolute Gasteiger partial charge is 0.237 e. The number of carbonyl (C=O) groups is 1. The normalized spacial score (nSPS) is 37.4. The predicted molar refractivity (Wildman–Crippen MR) is 47.5 cm³/mol. The van der Waals surface area contributed by atoms with Crippen molar-refractivity contribution in [2.75, 3.05) is 0 Å². The Labute approximate surface area is 78.1 Å². The standard InChI is InChI=1S/C10H14N2O/c1-6(5-11)10(13)12-9-3-7-2-8(7)4-9/h6-9H,2-4H2,1H3,(H,12,13). The van der Waals surface area contributed by atoms with Gasteiger partial charge >= 0.3 is 0 Å². The molecule has 0 bridgehead atoms. The minimum atomic E-state index is -0.503. The molecular weight excluding hydrogens is 164 g/mol. The summed E-state index contributed by atoms with van der Waals surface area (Å²) in [4.78, 5) is 11.3. The molecule has 0 aromatic heterocycles. The molecule has 2 aliphatic carbocycles. The number of nitrogens with zero attached hydrogens (tertiary/aromatic N) is 1. The average molecular weight is 178 g/mol. The monoisotopic (exact) mass is 178 g/mol. The minimum Gasteiger partial charge on any atom is -0.352 e. The van der Waals surface area contributed by atoms with E-state index in [0.29, 0.717) is 6.04 Å². The molecule has 0 aromatic rings. The van der Waals surface area contributed by atoms with Gasteiger partial charge in [0.05, 0.1) is 6.07 Å². The molecule has 0 radical (unpaired) electrons. The molecule has 0 aromatic carbocycles. The summed E-state index contributed by atoms with van der Waals surface area (Å²) >= 11 is 0. The van der Waals surface area contributed by atoms with Crippen molar-refractivity contribution in [2.45, 2.75) is 32.2 Å². The molecule has 0 spiro atoms. The molecular formula is C10H14N2O. The van der Waals surface area contributed by atoms with E-state index in [4.69, 9.17) is 5.26 Å². The van der Waals surface area contributed by atoms with E-state index >= 15 is 0 Å². The zero-order valence-electron chi connectivity index (χ0n) is 7.79. The maximum Gasteiger partial charge on any atom is 0.237 e. The van der Waals surface area contributed by atoms with Crippen LogP contribution < -0.4 is 5.32 Å². The highest BCUT2D eigenvalue weighted by atomic mass is 16.1. The van der Waals surface area contributed by atoms with Gasteiger partial charge in [-0.05, 0) is 38.0 Å². The molecule has 13 heavy (non-hydrogen) atoms. The Morgan fingerprint density at radius 2 is 2.08 bits per heavy atom. The summed E-state index contributed by atoms with van der Waals surface area (Å²) in [5.41, 5.74) is 0. The molecule has 1 N–H and O–H groups in total. The van der Waals surface area contributed by atoms with Gasteiger partial charge in [-0.15, -0.1) is 0 Å². The molecule has 3 heteroatoms. The van der Waals surface area contributed by atoms with Gasteiger partial charge in [-0.3, -0.25) is 4.79 Å². The fraction of sp³-hybridized carbons (Fsp3) is 0.800. The van der Waals surface area contributed by atoms with Gasteiger partial charge in [0.15, 0.2) is 0 Å². The zero-order chi connectivity index (χ0) is 9.42. The van der Waals surface area contributed by atoms with Gasteiger partial charge in [0.25, 0.3) is 0 Å². The number of nitriles is 1. The fourth-order valence-corrected chi connectivity index (χ4v) is 2.22. The van der Waals surface area contributed by atoms with Gasteiger partial charge < -0.3 is 5.32 Å². The molecule has 3 atom stereocenters. The molecule has 1 amide bonds. The first-order chi connectivity index (χ1) is 6.20. The lowest BCUT2D eigenvalue weighted by molar-refractivity contribution is -0.123. The number of hydrogen-bond acceptors (Lipinski definition) is 2. The van der Waals surface area contributed by atoms with E-state index in [9.17, 15) is 4.79 Å². The van der Waals surface area contributed by atoms with Crippen molar-refractivity contribution in [1.82, 2.24) is 5.32 Å². The predicted octanol–water partition coefficient (Wildman–Crippen LogP) is 1.06. The van der Waals surface area contributed by atoms with Gasteiger partial charge in [0.2, 0.25) is 5.91 Å². The number of rotatable bonds is 2. The van der Waals surface area contributed by atoms with E-state index < -0.39 is 5.92 Å². The largest absolute Gasteiger partial charge is 0.352 e. The molecule has 2 saturated carbocycles. The summed E-state index contributed by atoms with van der Waals surface area (Å²) in [5.74, 6) is 1.15. The third kappa shape index (κ3) is 1.67. The van der Waals surface area contributed by atoms with Crippen LogP contribution in [0.5, 0.6) is 0 Å². The average Bonchev–Trinajstić information content (AvgIpc) is 2.73. The van der Waals surface area contributed by atoms with Crippen LogP contribution in [0.15, 0.2) is 0 Å². The Morgan fingerprint density at radius 1 is 1.46 bits per heavy atom. The molecule has 2 aliphatic rings. The van der Waals surface area contributed by atoms with Gasteiger partial charge in [0.1, 0.15) is 5.92 Å². The van der Waals surface area contributed by atoms with Crippen molar-refractivity contribution >= 4 is 5.91 Å². The molecule has 0 aliphatic heterocycles. The van der Waals surface area contributed by atoms with Crippen molar-refractivity contribution in [3.63, 3.8) is 0 Å². The minimum absolute atomic E-state index is 0.103. The number of hydrogen-bond donors (Lipinski definition) is 1. The summed E-state index contributed by atoms with van der Waals surface area (Å²) in [6, 6.07) is 2.30. The summed E-state index contributed by atoms with van der Waals surface area (Å²) in [6.07, 6.45) is 3.63. The quantitative estimate of drug-likeness (QED) is 0.687. The first kappa shape index (κ1) is 8.55. The summed E-state index contributed by atoms with van der Waals surface area (Å²) < 4.78 is 0. The highest BCUT2D eigenvalue weighted by Crippen LogP contribution is 2.51. The summed E-state index contributed by atoms with van der Waals surface area (Å²) in [6.45, 7) is 1.64. The lowest BCUT2D eigenvalue weighted by atomic mass is 10.1. The second-order valence-electron chi connectivity index (χ2n) is 4.28. The third-order valence-corrected chi connectivity index (χ3v) is 3.18. The van der Waals surface area contributed by atoms with Crippen LogP contribution in [-0.2, 0) is 4.79 Å². The van der Waals surface area contributed by atoms with E-state index in [1.54, 1.807) is 6.92 Å². The van der Waals surface area contributed by atoms with Crippen molar-refractivity contribution < 1.29 is 4.79 Å². The van der Waals surface area contributed by atoms with Gasteiger partial charge in [-0.1, -0.05) is 0 Å². The Bertz CT molecular complexity index is 259. The highest BCUT2D eigenvalue weighted by Gasteiger charge is 2.46. The van der Waals surface area contributed by atoms with Crippen molar-refractivity contribution in [3.8, 4) is 6.07 Å². The molecule has 2 rings (SSSR count). The van der Waals surface area contributed by atoms with Crippen LogP contribution in [0.2, 0.25) is 0 Å². The van der Waals surface area contributed by atoms with Crippen molar-refractivity contribution in [1.29, 1.82) is 5.26 Å². The van der Waals surface area contributed by atoms with E-state index in [1.165, 1.54) is 6.42 Å². The van der Waals surface area contributed by atoms with Crippen molar-refractivity contribution in [2.24, 2.45) is 17.8 Å². The number of carbonyl (C=O) groups excluding carboxylic acids is 1. The molecule has 3 unspecified atom stereocenters. The first-order valence-corrected chi connectivity index (χ1v) is 4.90. The van der Waals surface area contributed by atoms with Crippen molar-refractivity contribution in [3.05, 3.63) is 0 Å². The van der Waals surface area contributed by atoms with Gasteiger partial charge in [-0.25, -0.2) is 0 Å². The third-order valence-electron chi connectivity index (χ3n) is 3.18. The zero-order valence-corrected chi connectivity index (χ0v) is 7.79. The molecule has 70 valence electrons. The molecule has 2 fully saturated rings. The first-order valence-electron chi connectivity index (χ1n) is 4.90. The fourth-order valence-electron chi connectivity index (χ4n) is 2.22. The lowest BCUT2D eigenvalue weighted by Crippen LogP contribution is -2.36. The van der Waals surface area contributed by atoms with Crippen LogP contribution in [0, 0.1) is 29.1 Å². The highest BCUT2D eigenvalue weighted by molar-refractivity contribution is 5.80. The maximum atomic E-state index is 11.3. The summed E-state index contributed by atoms with van der Waals surface area (Å²) in [7, 11) is 0. The second-order valence-corrected chi connectivity index (χ2v) is 4.28. The van der Waals surface area contributed by atoms with Crippen LogP contribution in [0.1, 0.15) is 26.2 Å². The molecule has 3 nitrogen and oxygen atoms in total. The topological polar surface area (TPSA) is 52.9 Å². The molecule has 0 saturated heterocycles. The van der Waals surface area contributed by atoms with E-state index in [-0.39, 0.29) is 5.91 Å². The van der Waals surface area contributed by atoms with E-state index in [2.05, 4.69) is 5.32 Å². The van der Waals surface area contributed by atoms with E-state index in [0.717, 1.165) is 24.7 Å².